The molecule has 1 aliphatic rings. The van der Waals surface area contributed by atoms with E-state index in [0.29, 0.717) is 13.2 Å². The lowest BCUT2D eigenvalue weighted by molar-refractivity contribution is -0.132. The van der Waals surface area contributed by atoms with Crippen LogP contribution in [0.4, 0.5) is 0 Å². The molecule has 2 rings (SSSR count). The number of amides is 1. The van der Waals surface area contributed by atoms with Gasteiger partial charge in [0.25, 0.3) is 0 Å². The Kier molecular flexibility index (Phi) is 5.59. The highest BCUT2D eigenvalue weighted by Gasteiger charge is 2.30. The summed E-state index contributed by atoms with van der Waals surface area (Å²) in [6.07, 6.45) is 0.869. The van der Waals surface area contributed by atoms with Gasteiger partial charge in [-0.25, -0.2) is 0 Å². The number of aryl methyl sites for hydroxylation is 1. The minimum Gasteiger partial charge on any atom is -0.491 e. The standard InChI is InChI=1S/C16H24N2O3/c1-12-6-4-5-7-15(12)21-9-8-18(2)16(19)14-10-13(20-3)11-17-14/h4-7,13-14,17H,8-11H2,1-3H3/t13-,14-/m0/s1. The van der Waals surface area contributed by atoms with Gasteiger partial charge < -0.3 is 19.7 Å². The molecule has 0 radical (unpaired) electrons. The first-order valence-electron chi connectivity index (χ1n) is 7.31. The molecule has 2 atom stereocenters. The number of para-hydroxylation sites is 1. The second kappa shape index (κ2) is 7.43. The number of carbonyl (C=O) groups excluding carboxylic acids is 1. The van der Waals surface area contributed by atoms with E-state index in [0.717, 1.165) is 24.3 Å². The normalized spacial score (nSPS) is 21.3. The number of likely N-dealkylation sites (N-methyl/N-ethyl adjacent to an activating group) is 1. The summed E-state index contributed by atoms with van der Waals surface area (Å²) in [4.78, 5) is 14.0. The fourth-order valence-corrected chi connectivity index (χ4v) is 2.46. The molecule has 1 heterocycles. The Balaban J connectivity index is 1.75. The Labute approximate surface area is 126 Å². The molecule has 1 aliphatic heterocycles. The van der Waals surface area contributed by atoms with Crippen LogP contribution in [-0.2, 0) is 9.53 Å². The largest absolute Gasteiger partial charge is 0.491 e. The van der Waals surface area contributed by atoms with Crippen LogP contribution in [0.5, 0.6) is 5.75 Å². The third kappa shape index (κ3) is 4.19. The molecule has 1 fully saturated rings. The van der Waals surface area contributed by atoms with E-state index in [1.807, 2.05) is 38.2 Å². The first-order valence-corrected chi connectivity index (χ1v) is 7.31. The van der Waals surface area contributed by atoms with Crippen LogP contribution in [0.2, 0.25) is 0 Å². The van der Waals surface area contributed by atoms with Crippen LogP contribution in [0.15, 0.2) is 24.3 Å². The van der Waals surface area contributed by atoms with Gasteiger partial charge in [-0.3, -0.25) is 4.79 Å². The van der Waals surface area contributed by atoms with Gasteiger partial charge in [-0.2, -0.15) is 0 Å². The third-order valence-corrected chi connectivity index (χ3v) is 3.88. The Hall–Kier alpha value is -1.59. The van der Waals surface area contributed by atoms with Gasteiger partial charge in [0.15, 0.2) is 0 Å². The van der Waals surface area contributed by atoms with Gasteiger partial charge in [-0.15, -0.1) is 0 Å². The molecule has 0 unspecified atom stereocenters. The number of carbonyl (C=O) groups is 1. The van der Waals surface area contributed by atoms with Crippen molar-refractivity contribution in [3.63, 3.8) is 0 Å². The van der Waals surface area contributed by atoms with Gasteiger partial charge in [0.05, 0.1) is 18.7 Å². The number of nitrogens with one attached hydrogen (secondary N) is 1. The minimum atomic E-state index is -0.140. The first-order chi connectivity index (χ1) is 10.1. The second-order valence-corrected chi connectivity index (χ2v) is 5.43. The van der Waals surface area contributed by atoms with E-state index >= 15 is 0 Å². The molecule has 0 aliphatic carbocycles. The average molecular weight is 292 g/mol. The van der Waals surface area contributed by atoms with Gasteiger partial charge in [0.2, 0.25) is 5.91 Å². The molecule has 0 saturated carbocycles. The van der Waals surface area contributed by atoms with Crippen LogP contribution in [-0.4, -0.2) is 56.8 Å². The molecule has 21 heavy (non-hydrogen) atoms. The maximum absolute atomic E-state index is 12.3. The maximum Gasteiger partial charge on any atom is 0.239 e. The summed E-state index contributed by atoms with van der Waals surface area (Å²) >= 11 is 0. The zero-order chi connectivity index (χ0) is 15.2. The number of benzene rings is 1. The summed E-state index contributed by atoms with van der Waals surface area (Å²) in [5, 5.41) is 3.20. The van der Waals surface area contributed by atoms with E-state index in [1.54, 1.807) is 12.0 Å². The first kappa shape index (κ1) is 15.8. The predicted octanol–water partition coefficient (Wildman–Crippen LogP) is 1.21. The quantitative estimate of drug-likeness (QED) is 0.856. The van der Waals surface area contributed by atoms with Crippen molar-refractivity contribution >= 4 is 5.91 Å². The summed E-state index contributed by atoms with van der Waals surface area (Å²) in [5.74, 6) is 0.972. The van der Waals surface area contributed by atoms with Crippen molar-refractivity contribution < 1.29 is 14.3 Å². The summed E-state index contributed by atoms with van der Waals surface area (Å²) in [5.41, 5.74) is 1.10. The van der Waals surface area contributed by atoms with Gasteiger partial charge in [0.1, 0.15) is 12.4 Å². The fourth-order valence-electron chi connectivity index (χ4n) is 2.46. The second-order valence-electron chi connectivity index (χ2n) is 5.43. The molecular formula is C16H24N2O3. The summed E-state index contributed by atoms with van der Waals surface area (Å²) in [6, 6.07) is 7.75. The van der Waals surface area contributed by atoms with Crippen molar-refractivity contribution in [3.8, 4) is 5.75 Å². The number of ether oxygens (including phenoxy) is 2. The summed E-state index contributed by atoms with van der Waals surface area (Å²) in [7, 11) is 3.49. The highest BCUT2D eigenvalue weighted by atomic mass is 16.5. The van der Waals surface area contributed by atoms with Crippen LogP contribution in [0, 0.1) is 6.92 Å². The van der Waals surface area contributed by atoms with Crippen LogP contribution in [0.1, 0.15) is 12.0 Å². The molecule has 0 aromatic heterocycles. The van der Waals surface area contributed by atoms with Crippen molar-refractivity contribution in [2.24, 2.45) is 0 Å². The minimum absolute atomic E-state index is 0.0999. The Bertz CT molecular complexity index is 478. The smallest absolute Gasteiger partial charge is 0.239 e. The lowest BCUT2D eigenvalue weighted by atomic mass is 10.2. The van der Waals surface area contributed by atoms with Crippen LogP contribution in [0.25, 0.3) is 0 Å². The fraction of sp³-hybridized carbons (Fsp3) is 0.562. The number of methoxy groups -OCH3 is 1. The lowest BCUT2D eigenvalue weighted by Crippen LogP contribution is -2.43. The molecule has 0 spiro atoms. The number of nitrogens with zero attached hydrogens (tertiary/aromatic N) is 1. The van der Waals surface area contributed by atoms with Gasteiger partial charge in [-0.05, 0) is 25.0 Å². The predicted molar refractivity (Wildman–Crippen MR) is 81.5 cm³/mol. The van der Waals surface area contributed by atoms with E-state index < -0.39 is 0 Å². The van der Waals surface area contributed by atoms with E-state index in [9.17, 15) is 4.79 Å². The van der Waals surface area contributed by atoms with Crippen molar-refractivity contribution in [2.75, 3.05) is 33.9 Å². The molecule has 1 aromatic rings. The van der Waals surface area contributed by atoms with Crippen LogP contribution < -0.4 is 10.1 Å². The Morgan fingerprint density at radius 3 is 2.86 bits per heavy atom. The van der Waals surface area contributed by atoms with Gasteiger partial charge in [0, 0.05) is 20.7 Å². The number of hydrogen-bond donors (Lipinski definition) is 1. The highest BCUT2D eigenvalue weighted by Crippen LogP contribution is 2.16. The van der Waals surface area contributed by atoms with E-state index in [-0.39, 0.29) is 18.1 Å². The Morgan fingerprint density at radius 2 is 2.19 bits per heavy atom. The number of hydrogen-bond acceptors (Lipinski definition) is 4. The maximum atomic E-state index is 12.3. The monoisotopic (exact) mass is 292 g/mol. The van der Waals surface area contributed by atoms with Crippen molar-refractivity contribution in [1.29, 1.82) is 0 Å². The molecule has 1 aromatic carbocycles. The van der Waals surface area contributed by atoms with E-state index in [1.165, 1.54) is 0 Å². The zero-order valence-corrected chi connectivity index (χ0v) is 13.0. The molecule has 5 nitrogen and oxygen atoms in total. The molecular weight excluding hydrogens is 268 g/mol. The van der Waals surface area contributed by atoms with Crippen molar-refractivity contribution in [3.05, 3.63) is 29.8 Å². The third-order valence-electron chi connectivity index (χ3n) is 3.88. The Morgan fingerprint density at radius 1 is 1.43 bits per heavy atom. The van der Waals surface area contributed by atoms with Gasteiger partial charge >= 0.3 is 0 Å². The molecule has 1 saturated heterocycles. The molecule has 1 amide bonds. The van der Waals surface area contributed by atoms with Gasteiger partial charge in [-0.1, -0.05) is 18.2 Å². The van der Waals surface area contributed by atoms with Crippen LogP contribution in [0.3, 0.4) is 0 Å². The number of rotatable bonds is 6. The average Bonchev–Trinajstić information content (AvgIpc) is 2.97. The lowest BCUT2D eigenvalue weighted by Gasteiger charge is -2.21. The topological polar surface area (TPSA) is 50.8 Å². The van der Waals surface area contributed by atoms with Crippen molar-refractivity contribution in [1.82, 2.24) is 10.2 Å². The molecule has 1 N–H and O–H groups in total. The molecule has 0 bridgehead atoms. The summed E-state index contributed by atoms with van der Waals surface area (Å²) < 4.78 is 11.0. The highest BCUT2D eigenvalue weighted by molar-refractivity contribution is 5.82. The summed E-state index contributed by atoms with van der Waals surface area (Å²) in [6.45, 7) is 3.81. The van der Waals surface area contributed by atoms with E-state index in [4.69, 9.17) is 9.47 Å². The van der Waals surface area contributed by atoms with Crippen molar-refractivity contribution in [2.45, 2.75) is 25.5 Å². The van der Waals surface area contributed by atoms with Crippen LogP contribution >= 0.6 is 0 Å². The van der Waals surface area contributed by atoms with E-state index in [2.05, 4.69) is 5.32 Å². The molecule has 116 valence electrons. The molecule has 5 heteroatoms. The zero-order valence-electron chi connectivity index (χ0n) is 13.0. The SMILES string of the molecule is CO[C@@H]1CN[C@H](C(=O)N(C)CCOc2ccccc2C)C1.